The fourth-order valence-corrected chi connectivity index (χ4v) is 1.76. The van der Waals surface area contributed by atoms with Crippen molar-refractivity contribution in [2.24, 2.45) is 0 Å². The molecule has 0 aliphatic carbocycles. The summed E-state index contributed by atoms with van der Waals surface area (Å²) in [5.74, 6) is 0.479. The minimum Gasteiger partial charge on any atom is -0.295 e. The van der Waals surface area contributed by atoms with Crippen LogP contribution in [0.5, 0.6) is 0 Å². The Bertz CT molecular complexity index is 272. The Morgan fingerprint density at radius 1 is 1.08 bits per heavy atom. The lowest BCUT2D eigenvalue weighted by atomic mass is 10.0. The smallest absolute Gasteiger partial charge is 0.0580 e. The van der Waals surface area contributed by atoms with Gasteiger partial charge in [0.05, 0.1) is 4.90 Å². The van der Waals surface area contributed by atoms with E-state index in [1.54, 1.807) is 12.1 Å². The monoisotopic (exact) mass is 200 g/mol. The van der Waals surface area contributed by atoms with Crippen LogP contribution in [0.3, 0.4) is 0 Å². The molecule has 0 unspecified atom stereocenters. The molecule has 0 saturated carbocycles. The zero-order valence-corrected chi connectivity index (χ0v) is 9.01. The van der Waals surface area contributed by atoms with Crippen LogP contribution in [0.1, 0.15) is 25.3 Å². The molecule has 0 radical (unpaired) electrons. The summed E-state index contributed by atoms with van der Waals surface area (Å²) >= 11 is 0. The number of hydrogen-bond donors (Lipinski definition) is 2. The van der Waals surface area contributed by atoms with Gasteiger partial charge in [-0.15, -0.1) is 0 Å². The molecule has 0 amide bonds. The first kappa shape index (κ1) is 10.6. The van der Waals surface area contributed by atoms with Crippen LogP contribution in [0.4, 0.5) is 0 Å². The quantitative estimate of drug-likeness (QED) is 0.766. The van der Waals surface area contributed by atoms with Gasteiger partial charge in [-0.25, -0.2) is 0 Å². The van der Waals surface area contributed by atoms with Gasteiger partial charge in [0.25, 0.3) is 0 Å². The molecule has 2 N–H and O–H groups in total. The van der Waals surface area contributed by atoms with Crippen molar-refractivity contribution < 1.29 is 9.11 Å². The third-order valence-electron chi connectivity index (χ3n) is 1.99. The van der Waals surface area contributed by atoms with Gasteiger partial charge in [-0.2, -0.15) is 10.6 Å². The Hall–Kier alpha value is -0.510. The topological polar surface area (TPSA) is 40.5 Å². The van der Waals surface area contributed by atoms with Gasteiger partial charge < -0.3 is 0 Å². The summed E-state index contributed by atoms with van der Waals surface area (Å²) in [4.78, 5) is 0.608. The van der Waals surface area contributed by atoms with E-state index >= 15 is 0 Å². The highest BCUT2D eigenvalue weighted by molar-refractivity contribution is 8.23. The summed E-state index contributed by atoms with van der Waals surface area (Å²) in [7, 11) is -2.55. The van der Waals surface area contributed by atoms with Crippen molar-refractivity contribution in [3.8, 4) is 0 Å². The zero-order valence-electron chi connectivity index (χ0n) is 8.19. The third kappa shape index (κ3) is 2.72. The highest BCUT2D eigenvalue weighted by atomic mass is 32.3. The molecule has 13 heavy (non-hydrogen) atoms. The van der Waals surface area contributed by atoms with Crippen molar-refractivity contribution in [1.82, 2.24) is 0 Å². The summed E-state index contributed by atoms with van der Waals surface area (Å²) < 4.78 is 18.7. The maximum absolute atomic E-state index is 9.36. The summed E-state index contributed by atoms with van der Waals surface area (Å²) in [5.41, 5.74) is 1.22. The van der Waals surface area contributed by atoms with Crippen LogP contribution in [-0.4, -0.2) is 15.4 Å². The van der Waals surface area contributed by atoms with Gasteiger partial charge in [-0.3, -0.25) is 9.11 Å². The predicted octanol–water partition coefficient (Wildman–Crippen LogP) is 3.55. The van der Waals surface area contributed by atoms with Gasteiger partial charge in [-0.05, 0) is 23.6 Å². The third-order valence-corrected chi connectivity index (χ3v) is 3.16. The van der Waals surface area contributed by atoms with Crippen LogP contribution >= 0.6 is 10.6 Å². The van der Waals surface area contributed by atoms with Gasteiger partial charge in [-0.1, -0.05) is 26.0 Å². The lowest BCUT2D eigenvalue weighted by Gasteiger charge is -2.27. The Kier molecular flexibility index (Phi) is 3.01. The van der Waals surface area contributed by atoms with Crippen molar-refractivity contribution in [2.45, 2.75) is 24.7 Å². The molecular formula is C10H16O2S. The van der Waals surface area contributed by atoms with E-state index in [0.29, 0.717) is 10.8 Å². The second-order valence-electron chi connectivity index (χ2n) is 3.56. The Morgan fingerprint density at radius 2 is 1.54 bits per heavy atom. The Labute approximate surface area is 81.0 Å². The molecule has 2 nitrogen and oxygen atoms in total. The molecule has 1 rings (SSSR count). The molecular weight excluding hydrogens is 184 g/mol. The van der Waals surface area contributed by atoms with E-state index in [4.69, 9.17) is 0 Å². The summed E-state index contributed by atoms with van der Waals surface area (Å²) in [6.45, 7) is 4.22. The first-order valence-corrected chi connectivity index (χ1v) is 6.20. The molecule has 0 aromatic heterocycles. The van der Waals surface area contributed by atoms with Crippen molar-refractivity contribution in [3.63, 3.8) is 0 Å². The molecule has 0 aliphatic heterocycles. The largest absolute Gasteiger partial charge is 0.295 e. The second-order valence-corrected chi connectivity index (χ2v) is 5.70. The average molecular weight is 200 g/mol. The molecule has 1 aromatic carbocycles. The molecule has 0 saturated heterocycles. The van der Waals surface area contributed by atoms with E-state index in [0.717, 1.165) is 0 Å². The summed E-state index contributed by atoms with van der Waals surface area (Å²) in [6.07, 6.45) is 1.44. The first-order chi connectivity index (χ1) is 5.91. The minimum absolute atomic E-state index is 0.479. The fraction of sp³-hybridized carbons (Fsp3) is 0.400. The summed E-state index contributed by atoms with van der Waals surface area (Å²) in [6, 6.07) is 7.45. The molecule has 0 spiro atoms. The minimum atomic E-state index is -2.55. The first-order valence-electron chi connectivity index (χ1n) is 4.24. The van der Waals surface area contributed by atoms with E-state index < -0.39 is 10.6 Å². The number of hydrogen-bond acceptors (Lipinski definition) is 2. The zero-order chi connectivity index (χ0) is 10.1. The molecule has 0 fully saturated rings. The molecule has 0 aliphatic rings. The molecule has 0 atom stereocenters. The average Bonchev–Trinajstić information content (AvgIpc) is 2.03. The summed E-state index contributed by atoms with van der Waals surface area (Å²) in [5, 5.41) is 0. The highest BCUT2D eigenvalue weighted by Crippen LogP contribution is 2.43. The highest BCUT2D eigenvalue weighted by Gasteiger charge is 2.08. The molecule has 0 heterocycles. The van der Waals surface area contributed by atoms with Crippen molar-refractivity contribution in [1.29, 1.82) is 0 Å². The lowest BCUT2D eigenvalue weighted by Crippen LogP contribution is -1.95. The molecule has 3 heteroatoms. The van der Waals surface area contributed by atoms with Crippen molar-refractivity contribution >= 4 is 10.6 Å². The standard InChI is InChI=1S/C10H16O2S/c1-8(2)9-4-6-10(7-5-9)13(3,11)12/h4-8,11-12H,1-3H3. The molecule has 0 bridgehead atoms. The van der Waals surface area contributed by atoms with Crippen LogP contribution in [0, 0.1) is 0 Å². The van der Waals surface area contributed by atoms with E-state index in [1.165, 1.54) is 11.8 Å². The van der Waals surface area contributed by atoms with Crippen molar-refractivity contribution in [2.75, 3.05) is 6.26 Å². The van der Waals surface area contributed by atoms with Crippen LogP contribution in [0.2, 0.25) is 0 Å². The van der Waals surface area contributed by atoms with E-state index in [9.17, 15) is 9.11 Å². The fourth-order valence-electron chi connectivity index (χ4n) is 1.11. The SMILES string of the molecule is CC(C)c1ccc(S(C)(O)O)cc1. The predicted molar refractivity (Wildman–Crippen MR) is 57.6 cm³/mol. The van der Waals surface area contributed by atoms with Crippen LogP contribution in [0.25, 0.3) is 0 Å². The molecule has 74 valence electrons. The van der Waals surface area contributed by atoms with E-state index in [-0.39, 0.29) is 0 Å². The van der Waals surface area contributed by atoms with E-state index in [2.05, 4.69) is 13.8 Å². The van der Waals surface area contributed by atoms with Crippen LogP contribution < -0.4 is 0 Å². The van der Waals surface area contributed by atoms with Crippen LogP contribution in [0.15, 0.2) is 29.2 Å². The van der Waals surface area contributed by atoms with Gasteiger partial charge in [0, 0.05) is 6.26 Å². The van der Waals surface area contributed by atoms with Crippen molar-refractivity contribution in [3.05, 3.63) is 29.8 Å². The molecule has 1 aromatic rings. The van der Waals surface area contributed by atoms with Gasteiger partial charge in [0.2, 0.25) is 0 Å². The lowest BCUT2D eigenvalue weighted by molar-refractivity contribution is 0.495. The maximum Gasteiger partial charge on any atom is 0.0580 e. The maximum atomic E-state index is 9.36. The van der Waals surface area contributed by atoms with Gasteiger partial charge in [0.15, 0.2) is 0 Å². The Balaban J connectivity index is 2.94. The number of benzene rings is 1. The van der Waals surface area contributed by atoms with Crippen LogP contribution in [-0.2, 0) is 0 Å². The number of rotatable bonds is 2. The van der Waals surface area contributed by atoms with E-state index in [1.807, 2.05) is 12.1 Å². The van der Waals surface area contributed by atoms with Gasteiger partial charge >= 0.3 is 0 Å². The second kappa shape index (κ2) is 3.70. The normalized spacial score (nSPS) is 13.4. The Morgan fingerprint density at radius 3 is 1.85 bits per heavy atom. The van der Waals surface area contributed by atoms with Gasteiger partial charge in [0.1, 0.15) is 0 Å².